The number of halogens is 1. The van der Waals surface area contributed by atoms with Crippen LogP contribution in [0.15, 0.2) is 35.3 Å². The Morgan fingerprint density at radius 3 is 2.54 bits per heavy atom. The molecule has 9 nitrogen and oxygen atoms in total. The van der Waals surface area contributed by atoms with Crippen LogP contribution in [0.4, 0.5) is 10.1 Å². The number of H-pyrrole nitrogens is 1. The number of pyridine rings is 1. The van der Waals surface area contributed by atoms with Gasteiger partial charge in [0.1, 0.15) is 16.9 Å². The Kier molecular flexibility index (Phi) is 6.74. The summed E-state index contributed by atoms with van der Waals surface area (Å²) in [5.41, 5.74) is 5.54. The first kappa shape index (κ1) is 23.4. The summed E-state index contributed by atoms with van der Waals surface area (Å²) < 4.78 is 15.1. The molecule has 0 spiro atoms. The Bertz CT molecular complexity index is 1260. The fraction of sp³-hybridized carbons (Fsp3) is 0.440. The molecule has 2 fully saturated rings. The van der Waals surface area contributed by atoms with Gasteiger partial charge in [0.2, 0.25) is 0 Å². The van der Waals surface area contributed by atoms with Crippen LogP contribution < -0.4 is 15.9 Å². The minimum absolute atomic E-state index is 0.170. The van der Waals surface area contributed by atoms with E-state index in [9.17, 15) is 9.59 Å². The SMILES string of the molecule is CCc1nc2ccc(CN3CCN(c4ccc(C(=O)NN5CCCC5)nc4)CC3)c(F)c2[nH]c1=O. The number of aromatic amines is 1. The molecule has 2 saturated heterocycles. The Morgan fingerprint density at radius 2 is 1.86 bits per heavy atom. The van der Waals surface area contributed by atoms with Crippen molar-refractivity contribution in [2.75, 3.05) is 44.2 Å². The Morgan fingerprint density at radius 1 is 1.09 bits per heavy atom. The zero-order valence-electron chi connectivity index (χ0n) is 19.9. The van der Waals surface area contributed by atoms with Gasteiger partial charge in [-0.1, -0.05) is 13.0 Å². The molecule has 3 aromatic rings. The van der Waals surface area contributed by atoms with Gasteiger partial charge in [-0.2, -0.15) is 0 Å². The van der Waals surface area contributed by atoms with Crippen LogP contribution in [0.1, 0.15) is 41.5 Å². The van der Waals surface area contributed by atoms with Crippen molar-refractivity contribution in [3.63, 3.8) is 0 Å². The van der Waals surface area contributed by atoms with Crippen molar-refractivity contribution in [3.8, 4) is 0 Å². The Balaban J connectivity index is 1.19. The quantitative estimate of drug-likeness (QED) is 0.559. The Hall–Kier alpha value is -3.37. The third-order valence-corrected chi connectivity index (χ3v) is 6.77. The fourth-order valence-corrected chi connectivity index (χ4v) is 4.71. The number of nitrogens with one attached hydrogen (secondary N) is 2. The maximum absolute atomic E-state index is 15.1. The number of nitrogens with zero attached hydrogens (tertiary/aromatic N) is 5. The highest BCUT2D eigenvalue weighted by Crippen LogP contribution is 2.21. The number of carbonyl (C=O) groups is 1. The van der Waals surface area contributed by atoms with Gasteiger partial charge < -0.3 is 9.88 Å². The lowest BCUT2D eigenvalue weighted by Crippen LogP contribution is -2.46. The lowest BCUT2D eigenvalue weighted by molar-refractivity contribution is 0.0820. The van der Waals surface area contributed by atoms with Gasteiger partial charge in [-0.25, -0.2) is 19.4 Å². The average Bonchev–Trinajstić information content (AvgIpc) is 3.39. The van der Waals surface area contributed by atoms with Crippen molar-refractivity contribution < 1.29 is 9.18 Å². The first-order chi connectivity index (χ1) is 17.0. The summed E-state index contributed by atoms with van der Waals surface area (Å²) in [5, 5.41) is 1.94. The monoisotopic (exact) mass is 479 g/mol. The number of hydrogen-bond donors (Lipinski definition) is 2. The van der Waals surface area contributed by atoms with E-state index in [1.54, 1.807) is 24.4 Å². The standard InChI is InChI=1S/C25H30FN7O2/c1-2-19-24(34)29-23-20(28-19)7-5-17(22(23)26)16-31-11-13-32(14-12-31)18-6-8-21(27-15-18)25(35)30-33-9-3-4-10-33/h5-8,15H,2-4,9-14,16H2,1H3,(H,29,34)(H,30,35). The predicted molar refractivity (Wildman–Crippen MR) is 132 cm³/mol. The number of hydrazine groups is 1. The highest BCUT2D eigenvalue weighted by atomic mass is 19.1. The summed E-state index contributed by atoms with van der Waals surface area (Å²) >= 11 is 0. The summed E-state index contributed by atoms with van der Waals surface area (Å²) in [6.45, 7) is 7.14. The molecule has 35 heavy (non-hydrogen) atoms. The number of piperazine rings is 1. The number of aryl methyl sites for hydroxylation is 1. The number of hydrogen-bond acceptors (Lipinski definition) is 7. The highest BCUT2D eigenvalue weighted by Gasteiger charge is 2.21. The molecule has 2 aliphatic heterocycles. The Labute approximate surface area is 202 Å². The molecule has 5 rings (SSSR count). The number of amides is 1. The van der Waals surface area contributed by atoms with Crippen LogP contribution in [-0.4, -0.2) is 70.0 Å². The van der Waals surface area contributed by atoms with Gasteiger partial charge in [-0.05, 0) is 37.5 Å². The second kappa shape index (κ2) is 10.1. The van der Waals surface area contributed by atoms with E-state index in [4.69, 9.17) is 0 Å². The van der Waals surface area contributed by atoms with Crippen LogP contribution in [0.2, 0.25) is 0 Å². The van der Waals surface area contributed by atoms with E-state index in [2.05, 4.69) is 30.2 Å². The van der Waals surface area contributed by atoms with Crippen molar-refractivity contribution in [1.29, 1.82) is 0 Å². The van der Waals surface area contributed by atoms with E-state index in [-0.39, 0.29) is 17.0 Å². The van der Waals surface area contributed by atoms with Crippen LogP contribution >= 0.6 is 0 Å². The van der Waals surface area contributed by atoms with E-state index >= 15 is 4.39 Å². The van der Waals surface area contributed by atoms with Crippen molar-refractivity contribution in [2.24, 2.45) is 0 Å². The van der Waals surface area contributed by atoms with Crippen molar-refractivity contribution in [3.05, 3.63) is 63.6 Å². The lowest BCUT2D eigenvalue weighted by Gasteiger charge is -2.36. The maximum Gasteiger partial charge on any atom is 0.284 e. The van der Waals surface area contributed by atoms with E-state index in [0.29, 0.717) is 35.4 Å². The molecule has 2 aromatic heterocycles. The van der Waals surface area contributed by atoms with Crippen molar-refractivity contribution in [2.45, 2.75) is 32.7 Å². The molecule has 10 heteroatoms. The van der Waals surface area contributed by atoms with Gasteiger partial charge in [0.15, 0.2) is 5.82 Å². The second-order valence-electron chi connectivity index (χ2n) is 9.10. The number of carbonyl (C=O) groups excluding carboxylic acids is 1. The molecule has 184 valence electrons. The van der Waals surface area contributed by atoms with Gasteiger partial charge in [0, 0.05) is 51.4 Å². The molecular formula is C25H30FN7O2. The molecule has 0 atom stereocenters. The van der Waals surface area contributed by atoms with E-state index in [1.165, 1.54) is 0 Å². The topological polar surface area (TPSA) is 97.5 Å². The largest absolute Gasteiger partial charge is 0.368 e. The van der Waals surface area contributed by atoms with Crippen molar-refractivity contribution in [1.82, 2.24) is 30.3 Å². The number of aromatic nitrogens is 3. The minimum Gasteiger partial charge on any atom is -0.368 e. The molecular weight excluding hydrogens is 449 g/mol. The molecule has 0 aliphatic carbocycles. The fourth-order valence-electron chi connectivity index (χ4n) is 4.71. The van der Waals surface area contributed by atoms with E-state index < -0.39 is 5.82 Å². The van der Waals surface area contributed by atoms with Gasteiger partial charge in [0.25, 0.3) is 11.5 Å². The molecule has 4 heterocycles. The van der Waals surface area contributed by atoms with Crippen LogP contribution in [0.5, 0.6) is 0 Å². The number of fused-ring (bicyclic) bond motifs is 1. The average molecular weight is 480 g/mol. The van der Waals surface area contributed by atoms with Gasteiger partial charge in [-0.3, -0.25) is 19.9 Å². The molecule has 0 unspecified atom stereocenters. The third kappa shape index (κ3) is 5.03. The van der Waals surface area contributed by atoms with Gasteiger partial charge in [-0.15, -0.1) is 0 Å². The second-order valence-corrected chi connectivity index (χ2v) is 9.10. The molecule has 0 radical (unpaired) electrons. The molecule has 0 bridgehead atoms. The van der Waals surface area contributed by atoms with Crippen LogP contribution in [0, 0.1) is 5.82 Å². The number of benzene rings is 1. The molecule has 0 saturated carbocycles. The summed E-state index contributed by atoms with van der Waals surface area (Å²) in [4.78, 5) is 40.2. The number of anilines is 1. The highest BCUT2D eigenvalue weighted by molar-refractivity contribution is 5.92. The van der Waals surface area contributed by atoms with Crippen molar-refractivity contribution >= 4 is 22.6 Å². The smallest absolute Gasteiger partial charge is 0.284 e. The minimum atomic E-state index is -0.413. The summed E-state index contributed by atoms with van der Waals surface area (Å²) in [6, 6.07) is 7.21. The molecule has 1 amide bonds. The maximum atomic E-state index is 15.1. The first-order valence-corrected chi connectivity index (χ1v) is 12.2. The van der Waals surface area contributed by atoms with Crippen LogP contribution in [0.25, 0.3) is 11.0 Å². The molecule has 2 N–H and O–H groups in total. The lowest BCUT2D eigenvalue weighted by atomic mass is 10.1. The van der Waals surface area contributed by atoms with Crippen LogP contribution in [0.3, 0.4) is 0 Å². The normalized spacial score (nSPS) is 17.3. The van der Waals surface area contributed by atoms with Gasteiger partial charge >= 0.3 is 0 Å². The third-order valence-electron chi connectivity index (χ3n) is 6.77. The van der Waals surface area contributed by atoms with Gasteiger partial charge in [0.05, 0.1) is 17.4 Å². The number of rotatable bonds is 6. The van der Waals surface area contributed by atoms with E-state index in [1.807, 2.05) is 18.0 Å². The summed E-state index contributed by atoms with van der Waals surface area (Å²) in [6.07, 6.45) is 4.44. The van der Waals surface area contributed by atoms with E-state index in [0.717, 1.165) is 57.8 Å². The first-order valence-electron chi connectivity index (χ1n) is 12.2. The zero-order valence-corrected chi connectivity index (χ0v) is 19.9. The molecule has 2 aliphatic rings. The summed E-state index contributed by atoms with van der Waals surface area (Å²) in [5.74, 6) is -0.590. The molecule has 1 aromatic carbocycles. The van der Waals surface area contributed by atoms with Crippen LogP contribution in [-0.2, 0) is 13.0 Å². The zero-order chi connectivity index (χ0) is 24.4. The predicted octanol–water partition coefficient (Wildman–Crippen LogP) is 2.08. The summed E-state index contributed by atoms with van der Waals surface area (Å²) in [7, 11) is 0.